The van der Waals surface area contributed by atoms with Crippen LogP contribution in [0.2, 0.25) is 0 Å². The van der Waals surface area contributed by atoms with Crippen LogP contribution >= 0.6 is 22.6 Å². The van der Waals surface area contributed by atoms with Crippen LogP contribution in [0.1, 0.15) is 90.0 Å². The maximum atomic E-state index is 2.71. The molecule has 4 aliphatic rings. The van der Waals surface area contributed by atoms with Gasteiger partial charge in [-0.05, 0) is 120 Å². The van der Waals surface area contributed by atoms with E-state index in [1.807, 2.05) is 22.3 Å². The van der Waals surface area contributed by atoms with E-state index < -0.39 is 0 Å². The number of fused-ring (bicyclic) bond motifs is 10. The quantitative estimate of drug-likeness (QED) is 0.555. The minimum Gasteiger partial charge on any atom is -0.0457 e. The van der Waals surface area contributed by atoms with Crippen molar-refractivity contribution in [3.05, 3.63) is 31.4 Å². The van der Waals surface area contributed by atoms with Crippen molar-refractivity contribution in [2.24, 2.45) is 0 Å². The first-order chi connectivity index (χ1) is 8.75. The van der Waals surface area contributed by atoms with Crippen LogP contribution in [0.4, 0.5) is 0 Å². The number of hydrogen-bond acceptors (Lipinski definition) is 0. The second kappa shape index (κ2) is 3.34. The van der Waals surface area contributed by atoms with Gasteiger partial charge in [0, 0.05) is 3.57 Å². The molecule has 1 aromatic rings. The summed E-state index contributed by atoms with van der Waals surface area (Å²) in [6.07, 6.45) is 8.84. The summed E-state index contributed by atoms with van der Waals surface area (Å²) in [5, 5.41) is 0. The van der Waals surface area contributed by atoms with E-state index in [0.29, 0.717) is 0 Å². The minimum atomic E-state index is 0.931. The highest BCUT2D eigenvalue weighted by molar-refractivity contribution is 14.1. The molecule has 1 heteroatoms. The van der Waals surface area contributed by atoms with Gasteiger partial charge in [-0.15, -0.1) is 0 Å². The Bertz CT molecular complexity index is 475. The maximum absolute atomic E-state index is 2.71. The lowest BCUT2D eigenvalue weighted by atomic mass is 9.80. The van der Waals surface area contributed by atoms with E-state index in [1.165, 1.54) is 38.5 Å². The Morgan fingerprint density at radius 2 is 1.11 bits per heavy atom. The molecule has 4 aliphatic carbocycles. The fraction of sp³-hybridized carbons (Fsp3) is 0.647. The van der Waals surface area contributed by atoms with Gasteiger partial charge in [0.25, 0.3) is 0 Å². The second-order valence-electron chi connectivity index (χ2n) is 7.01. The second-order valence-corrected chi connectivity index (χ2v) is 8.09. The SMILES string of the molecule is Cc1c2c(c(I)c3c1[C@H]1CCC3C1)[C@@H]1CCC2C1. The van der Waals surface area contributed by atoms with Gasteiger partial charge in [0.2, 0.25) is 0 Å². The van der Waals surface area contributed by atoms with Gasteiger partial charge in [0.05, 0.1) is 0 Å². The monoisotopic (exact) mass is 350 g/mol. The van der Waals surface area contributed by atoms with Crippen molar-refractivity contribution in [1.82, 2.24) is 0 Å². The van der Waals surface area contributed by atoms with E-state index in [4.69, 9.17) is 0 Å². The molecular weight excluding hydrogens is 331 g/mol. The fourth-order valence-corrected chi connectivity index (χ4v) is 7.25. The molecule has 0 heterocycles. The summed E-state index contributed by atoms with van der Waals surface area (Å²) in [6, 6.07) is 0. The van der Waals surface area contributed by atoms with Crippen LogP contribution in [0, 0.1) is 10.5 Å². The molecule has 0 spiro atoms. The Kier molecular flexibility index (Phi) is 1.98. The molecule has 0 radical (unpaired) electrons. The van der Waals surface area contributed by atoms with E-state index in [9.17, 15) is 0 Å². The van der Waals surface area contributed by atoms with Crippen molar-refractivity contribution in [3.63, 3.8) is 0 Å². The molecule has 4 bridgehead atoms. The molecule has 0 nitrogen and oxygen atoms in total. The van der Waals surface area contributed by atoms with E-state index in [2.05, 4.69) is 29.5 Å². The van der Waals surface area contributed by atoms with Gasteiger partial charge in [-0.3, -0.25) is 0 Å². The van der Waals surface area contributed by atoms with Crippen LogP contribution in [0.3, 0.4) is 0 Å². The summed E-state index contributed by atoms with van der Waals surface area (Å²) in [5.41, 5.74) is 9.01. The number of hydrogen-bond donors (Lipinski definition) is 0. The third-order valence-electron chi connectivity index (χ3n) is 6.36. The summed E-state index contributed by atoms with van der Waals surface area (Å²) in [4.78, 5) is 0. The molecule has 5 rings (SSSR count). The normalized spacial score (nSPS) is 38.3. The largest absolute Gasteiger partial charge is 0.0457 e. The average Bonchev–Trinajstić information content (AvgIpc) is 3.10. The van der Waals surface area contributed by atoms with E-state index in [0.717, 1.165) is 23.7 Å². The van der Waals surface area contributed by atoms with Gasteiger partial charge in [-0.2, -0.15) is 0 Å². The summed E-state index contributed by atoms with van der Waals surface area (Å²) < 4.78 is 1.71. The number of halogens is 1. The molecule has 2 fully saturated rings. The van der Waals surface area contributed by atoms with E-state index in [-0.39, 0.29) is 0 Å². The molecule has 18 heavy (non-hydrogen) atoms. The van der Waals surface area contributed by atoms with Gasteiger partial charge in [0.15, 0.2) is 0 Å². The molecule has 2 saturated carbocycles. The van der Waals surface area contributed by atoms with E-state index in [1.54, 1.807) is 9.13 Å². The zero-order chi connectivity index (χ0) is 12.0. The predicted molar refractivity (Wildman–Crippen MR) is 82.6 cm³/mol. The van der Waals surface area contributed by atoms with Crippen molar-refractivity contribution in [1.29, 1.82) is 0 Å². The van der Waals surface area contributed by atoms with Crippen molar-refractivity contribution in [2.45, 2.75) is 69.1 Å². The fourth-order valence-electron chi connectivity index (χ4n) is 5.79. The molecule has 4 atom stereocenters. The maximum Gasteiger partial charge on any atom is 0.0205 e. The first-order valence-corrected chi connectivity index (χ1v) is 8.69. The lowest BCUT2D eigenvalue weighted by Gasteiger charge is -2.27. The lowest BCUT2D eigenvalue weighted by Crippen LogP contribution is -2.12. The van der Waals surface area contributed by atoms with Crippen molar-refractivity contribution < 1.29 is 0 Å². The van der Waals surface area contributed by atoms with Gasteiger partial charge >= 0.3 is 0 Å². The molecule has 94 valence electrons. The number of rotatable bonds is 0. The zero-order valence-electron chi connectivity index (χ0n) is 10.9. The standard InChI is InChI=1S/C17H19I/c1-8-13-9-2-4-11(6-9)15(13)17(18)16-12-5-3-10(7-12)14(8)16/h9-12H,2-7H2,1H3/t9-,10?,11?,12+/m0/s1. The third-order valence-corrected chi connectivity index (χ3v) is 7.52. The topological polar surface area (TPSA) is 0 Å². The van der Waals surface area contributed by atoms with Crippen LogP contribution in [0.5, 0.6) is 0 Å². The molecule has 0 aromatic heterocycles. The Labute approximate surface area is 123 Å². The summed E-state index contributed by atoms with van der Waals surface area (Å²) in [6.45, 7) is 2.45. The molecule has 1 aromatic carbocycles. The van der Waals surface area contributed by atoms with E-state index >= 15 is 0 Å². The Morgan fingerprint density at radius 3 is 1.56 bits per heavy atom. The summed E-state index contributed by atoms with van der Waals surface area (Å²) >= 11 is 2.71. The number of benzene rings is 1. The predicted octanol–water partition coefficient (Wildman–Crippen LogP) is 5.33. The third kappa shape index (κ3) is 1.06. The first kappa shape index (κ1) is 10.7. The summed E-state index contributed by atoms with van der Waals surface area (Å²) in [7, 11) is 0. The van der Waals surface area contributed by atoms with Crippen LogP contribution in [-0.4, -0.2) is 0 Å². The molecule has 0 saturated heterocycles. The van der Waals surface area contributed by atoms with Gasteiger partial charge in [0.1, 0.15) is 0 Å². The molecule has 0 aliphatic heterocycles. The van der Waals surface area contributed by atoms with Crippen molar-refractivity contribution in [2.75, 3.05) is 0 Å². The Balaban J connectivity index is 1.87. The molecule has 0 amide bonds. The highest BCUT2D eigenvalue weighted by Crippen LogP contribution is 2.62. The first-order valence-electron chi connectivity index (χ1n) is 7.61. The molecule has 2 unspecified atom stereocenters. The highest BCUT2D eigenvalue weighted by Gasteiger charge is 2.46. The Morgan fingerprint density at radius 1 is 0.722 bits per heavy atom. The molecule has 0 N–H and O–H groups in total. The van der Waals surface area contributed by atoms with Crippen LogP contribution in [0.15, 0.2) is 0 Å². The molecular formula is C17H19I. The highest BCUT2D eigenvalue weighted by atomic mass is 127. The minimum absolute atomic E-state index is 0.931. The lowest BCUT2D eigenvalue weighted by molar-refractivity contribution is 0.678. The van der Waals surface area contributed by atoms with Gasteiger partial charge < -0.3 is 0 Å². The zero-order valence-corrected chi connectivity index (χ0v) is 13.1. The smallest absolute Gasteiger partial charge is 0.0205 e. The van der Waals surface area contributed by atoms with Gasteiger partial charge in [-0.25, -0.2) is 0 Å². The van der Waals surface area contributed by atoms with Crippen LogP contribution < -0.4 is 0 Å². The van der Waals surface area contributed by atoms with Crippen LogP contribution in [-0.2, 0) is 0 Å². The average molecular weight is 350 g/mol. The summed E-state index contributed by atoms with van der Waals surface area (Å²) in [5.74, 6) is 3.73. The van der Waals surface area contributed by atoms with Crippen molar-refractivity contribution >= 4 is 22.6 Å². The Hall–Kier alpha value is -0.0500. The van der Waals surface area contributed by atoms with Crippen molar-refractivity contribution in [3.8, 4) is 0 Å². The van der Waals surface area contributed by atoms with Gasteiger partial charge in [-0.1, -0.05) is 0 Å². The van der Waals surface area contributed by atoms with Crippen LogP contribution in [0.25, 0.3) is 0 Å².